The minimum absolute atomic E-state index is 0.0596. The van der Waals surface area contributed by atoms with Crippen molar-refractivity contribution < 1.29 is 27.4 Å². The number of carboxylic acids is 1. The highest BCUT2D eigenvalue weighted by molar-refractivity contribution is 7.98. The number of hydrogen-bond acceptors (Lipinski definition) is 6. The summed E-state index contributed by atoms with van der Waals surface area (Å²) in [7, 11) is -3.89. The molecule has 1 atom stereocenters. The molecule has 0 bridgehead atoms. The molecule has 1 aromatic carbocycles. The molecule has 10 heteroatoms. The van der Waals surface area contributed by atoms with Crippen LogP contribution in [0.15, 0.2) is 34.0 Å². The summed E-state index contributed by atoms with van der Waals surface area (Å²) in [6.45, 7) is 12.7. The second kappa shape index (κ2) is 9.38. The lowest BCUT2D eigenvalue weighted by Crippen LogP contribution is -2.51. The number of ether oxygens (including phenoxy) is 1. The number of thioether (sulfide) groups is 1. The molecule has 0 amide bonds. The van der Waals surface area contributed by atoms with Crippen molar-refractivity contribution in [2.45, 2.75) is 62.9 Å². The van der Waals surface area contributed by atoms with Gasteiger partial charge >= 0.3 is 5.97 Å². The maximum atomic E-state index is 13.7. The van der Waals surface area contributed by atoms with Gasteiger partial charge in [0.05, 0.1) is 10.6 Å². The van der Waals surface area contributed by atoms with Crippen molar-refractivity contribution >= 4 is 33.4 Å². The van der Waals surface area contributed by atoms with Gasteiger partial charge in [-0.05, 0) is 39.0 Å². The number of hydrogen-bond donors (Lipinski definition) is 1. The summed E-state index contributed by atoms with van der Waals surface area (Å²) in [4.78, 5) is 13.5. The monoisotopic (exact) mass is 474 g/mol. The molecule has 0 spiro atoms. The van der Waals surface area contributed by atoms with Crippen molar-refractivity contribution in [3.8, 4) is 5.75 Å². The molecule has 1 aliphatic heterocycles. The van der Waals surface area contributed by atoms with Crippen LogP contribution in [0.5, 0.6) is 5.75 Å². The van der Waals surface area contributed by atoms with Crippen LogP contribution in [0, 0.1) is 5.92 Å². The molecule has 0 aromatic heterocycles. The number of halogens is 1. The molecule has 1 N–H and O–H groups in total. The number of anilines is 1. The molecule has 0 unspecified atom stereocenters. The van der Waals surface area contributed by atoms with Crippen molar-refractivity contribution in [2.75, 3.05) is 24.2 Å². The molecule has 1 aliphatic rings. The van der Waals surface area contributed by atoms with E-state index in [1.165, 1.54) is 22.1 Å². The number of likely N-dealkylation sites (N-methyl/N-ethyl adjacent to an activating group) is 1. The lowest BCUT2D eigenvalue weighted by atomic mass is 9.98. The van der Waals surface area contributed by atoms with Crippen LogP contribution in [0.1, 0.15) is 41.5 Å². The van der Waals surface area contributed by atoms with Crippen LogP contribution in [0.4, 0.5) is 10.1 Å². The topological polar surface area (TPSA) is 87.2 Å². The molecule has 2 rings (SSSR count). The van der Waals surface area contributed by atoms with E-state index in [1.807, 2.05) is 34.6 Å². The van der Waals surface area contributed by atoms with Gasteiger partial charge in [-0.3, -0.25) is 0 Å². The van der Waals surface area contributed by atoms with Crippen LogP contribution in [-0.4, -0.2) is 54.7 Å². The molecular weight excluding hydrogens is 443 g/mol. The third-order valence-electron chi connectivity index (χ3n) is 5.25. The SMILES string of the molecule is CCN1[C@H](C(C)C)CN(C(C)(C)C)c2cc(SC)c(O/C=C(\F)C(=O)O)cc2S1(=O)=O. The van der Waals surface area contributed by atoms with E-state index in [0.717, 1.165) is 0 Å². The fourth-order valence-corrected chi connectivity index (χ4v) is 6.12. The number of carboxylic acid groups (broad SMARTS) is 1. The van der Waals surface area contributed by atoms with E-state index in [1.54, 1.807) is 19.2 Å². The summed E-state index contributed by atoms with van der Waals surface area (Å²) in [5.41, 5.74) is 0.183. The minimum Gasteiger partial charge on any atom is -0.476 e. The van der Waals surface area contributed by atoms with Crippen LogP contribution in [0.3, 0.4) is 0 Å². The Morgan fingerprint density at radius 3 is 2.45 bits per heavy atom. The molecule has 1 aromatic rings. The number of nitrogens with zero attached hydrogens (tertiary/aromatic N) is 2. The lowest BCUT2D eigenvalue weighted by molar-refractivity contribution is -0.134. The van der Waals surface area contributed by atoms with Crippen LogP contribution in [0.25, 0.3) is 0 Å². The number of carbonyl (C=O) groups is 1. The number of benzene rings is 1. The van der Waals surface area contributed by atoms with E-state index in [0.29, 0.717) is 29.9 Å². The summed E-state index contributed by atoms with van der Waals surface area (Å²) in [5.74, 6) is -3.07. The van der Waals surface area contributed by atoms with Crippen molar-refractivity contribution in [1.82, 2.24) is 4.31 Å². The molecule has 0 saturated heterocycles. The molecular formula is C21H31FN2O5S2. The maximum absolute atomic E-state index is 13.7. The molecule has 7 nitrogen and oxygen atoms in total. The second-order valence-electron chi connectivity index (χ2n) is 8.66. The Balaban J connectivity index is 2.81. The fraction of sp³-hybridized carbons (Fsp3) is 0.571. The molecule has 31 heavy (non-hydrogen) atoms. The third kappa shape index (κ3) is 5.18. The standard InChI is InChI=1S/C21H31FN2O5S2/c1-8-24-16(13(2)3)11-23(21(4,5)6)15-9-18(30-7)17(10-19(15)31(24,27)28)29-12-14(22)20(25)26/h9-10,12-13,16H,8,11H2,1-7H3,(H,25,26)/b14-12-/t16-/m0/s1. The summed E-state index contributed by atoms with van der Waals surface area (Å²) in [6, 6.07) is 2.85. The third-order valence-corrected chi connectivity index (χ3v) is 8.03. The van der Waals surface area contributed by atoms with Crippen LogP contribution in [-0.2, 0) is 14.8 Å². The highest BCUT2D eigenvalue weighted by atomic mass is 32.2. The number of sulfonamides is 1. The molecule has 0 saturated carbocycles. The first-order valence-electron chi connectivity index (χ1n) is 10.0. The van der Waals surface area contributed by atoms with E-state index in [-0.39, 0.29) is 28.1 Å². The lowest BCUT2D eigenvalue weighted by Gasteiger charge is -2.40. The van der Waals surface area contributed by atoms with Crippen molar-refractivity contribution in [1.29, 1.82) is 0 Å². The van der Waals surface area contributed by atoms with E-state index < -0.39 is 21.8 Å². The first-order valence-corrected chi connectivity index (χ1v) is 12.7. The Labute approximate surface area is 188 Å². The van der Waals surface area contributed by atoms with Gasteiger partial charge in [0.25, 0.3) is 0 Å². The summed E-state index contributed by atoms with van der Waals surface area (Å²) in [6.07, 6.45) is 2.26. The summed E-state index contributed by atoms with van der Waals surface area (Å²) >= 11 is 1.30. The molecule has 1 heterocycles. The first kappa shape index (κ1) is 25.5. The van der Waals surface area contributed by atoms with E-state index in [9.17, 15) is 17.6 Å². The van der Waals surface area contributed by atoms with E-state index >= 15 is 0 Å². The Morgan fingerprint density at radius 2 is 2.00 bits per heavy atom. The van der Waals surface area contributed by atoms with Crippen LogP contribution in [0.2, 0.25) is 0 Å². The second-order valence-corrected chi connectivity index (χ2v) is 11.4. The summed E-state index contributed by atoms with van der Waals surface area (Å²) in [5, 5.41) is 8.73. The van der Waals surface area contributed by atoms with Crippen LogP contribution < -0.4 is 9.64 Å². The molecule has 0 radical (unpaired) electrons. The normalized spacial score (nSPS) is 19.8. The molecule has 174 valence electrons. The van der Waals surface area contributed by atoms with Gasteiger partial charge in [0, 0.05) is 30.7 Å². The Hall–Kier alpha value is -1.78. The average Bonchev–Trinajstić information content (AvgIpc) is 2.76. The maximum Gasteiger partial charge on any atom is 0.368 e. The Bertz CT molecular complexity index is 971. The van der Waals surface area contributed by atoms with Gasteiger partial charge in [-0.15, -0.1) is 11.8 Å². The number of aliphatic carboxylic acids is 1. The van der Waals surface area contributed by atoms with E-state index in [4.69, 9.17) is 9.84 Å². The Kier molecular flexibility index (Phi) is 7.71. The van der Waals surface area contributed by atoms with Crippen molar-refractivity contribution in [3.63, 3.8) is 0 Å². The highest BCUT2D eigenvalue weighted by Crippen LogP contribution is 2.43. The van der Waals surface area contributed by atoms with Gasteiger partial charge < -0.3 is 14.7 Å². The average molecular weight is 475 g/mol. The zero-order valence-electron chi connectivity index (χ0n) is 19.0. The Morgan fingerprint density at radius 1 is 1.39 bits per heavy atom. The minimum atomic E-state index is -3.89. The zero-order valence-corrected chi connectivity index (χ0v) is 20.6. The van der Waals surface area contributed by atoms with Gasteiger partial charge in [-0.2, -0.15) is 8.70 Å². The fourth-order valence-electron chi connectivity index (χ4n) is 3.63. The summed E-state index contributed by atoms with van der Waals surface area (Å²) < 4.78 is 47.6. The molecule has 0 aliphatic carbocycles. The van der Waals surface area contributed by atoms with E-state index in [2.05, 4.69) is 4.90 Å². The number of fused-ring (bicyclic) bond motifs is 1. The van der Waals surface area contributed by atoms with Gasteiger partial charge in [-0.25, -0.2) is 13.2 Å². The molecule has 0 fully saturated rings. The van der Waals surface area contributed by atoms with Crippen molar-refractivity contribution in [3.05, 3.63) is 24.2 Å². The van der Waals surface area contributed by atoms with Gasteiger partial charge in [0.2, 0.25) is 15.9 Å². The smallest absolute Gasteiger partial charge is 0.368 e. The van der Waals surface area contributed by atoms with Gasteiger partial charge in [0.15, 0.2) is 0 Å². The number of rotatable bonds is 6. The quantitative estimate of drug-likeness (QED) is 0.373. The van der Waals surface area contributed by atoms with Crippen molar-refractivity contribution in [2.24, 2.45) is 5.92 Å². The largest absolute Gasteiger partial charge is 0.476 e. The predicted molar refractivity (Wildman–Crippen MR) is 121 cm³/mol. The predicted octanol–water partition coefficient (Wildman–Crippen LogP) is 4.34. The highest BCUT2D eigenvalue weighted by Gasteiger charge is 2.42. The van der Waals surface area contributed by atoms with Gasteiger partial charge in [0.1, 0.15) is 16.9 Å². The zero-order chi connectivity index (χ0) is 23.7. The van der Waals surface area contributed by atoms with Gasteiger partial charge in [-0.1, -0.05) is 20.8 Å². The first-order chi connectivity index (χ1) is 14.2. The van der Waals surface area contributed by atoms with Crippen LogP contribution >= 0.6 is 11.8 Å².